The predicted molar refractivity (Wildman–Crippen MR) is 130 cm³/mol. The van der Waals surface area contributed by atoms with Crippen LogP contribution in [0.3, 0.4) is 0 Å². The monoisotopic (exact) mass is 449 g/mol. The molecule has 4 rings (SSSR count). The van der Waals surface area contributed by atoms with Crippen LogP contribution in [0.5, 0.6) is 5.75 Å². The fraction of sp³-hybridized carbons (Fsp3) is 0.481. The zero-order valence-corrected chi connectivity index (χ0v) is 19.5. The van der Waals surface area contributed by atoms with E-state index in [1.54, 1.807) is 4.90 Å². The summed E-state index contributed by atoms with van der Waals surface area (Å²) in [4.78, 5) is 29.4. The van der Waals surface area contributed by atoms with E-state index in [1.807, 2.05) is 31.2 Å². The molecule has 0 aliphatic carbocycles. The lowest BCUT2D eigenvalue weighted by Gasteiger charge is -2.33. The summed E-state index contributed by atoms with van der Waals surface area (Å²) < 4.78 is 5.78. The number of nitrogens with one attached hydrogen (secondary N) is 1. The molecule has 0 radical (unpaired) electrons. The topological polar surface area (TPSA) is 61.9 Å². The van der Waals surface area contributed by atoms with E-state index in [4.69, 9.17) is 4.74 Å². The molecule has 1 fully saturated rings. The fourth-order valence-electron chi connectivity index (χ4n) is 4.79. The van der Waals surface area contributed by atoms with Crippen LogP contribution in [0.2, 0.25) is 0 Å². The summed E-state index contributed by atoms with van der Waals surface area (Å²) in [6, 6.07) is 18.2. The Balaban J connectivity index is 1.17. The van der Waals surface area contributed by atoms with E-state index in [1.165, 1.54) is 24.8 Å². The predicted octanol–water partition coefficient (Wildman–Crippen LogP) is 3.65. The van der Waals surface area contributed by atoms with Gasteiger partial charge in [-0.05, 0) is 75.4 Å². The molecule has 6 nitrogen and oxygen atoms in total. The number of carbonyl (C=O) groups is 2. The van der Waals surface area contributed by atoms with Crippen molar-refractivity contribution in [1.82, 2.24) is 10.2 Å². The highest BCUT2D eigenvalue weighted by molar-refractivity contribution is 6.03. The van der Waals surface area contributed by atoms with E-state index in [2.05, 4.69) is 40.5 Å². The zero-order valence-electron chi connectivity index (χ0n) is 19.5. The van der Waals surface area contributed by atoms with E-state index >= 15 is 0 Å². The Hall–Kier alpha value is -2.86. The largest absolute Gasteiger partial charge is 0.478 e. The number of ether oxygens (including phenoxy) is 1. The van der Waals surface area contributed by atoms with Crippen LogP contribution in [0.4, 0.5) is 5.69 Å². The molecule has 176 valence electrons. The second-order valence-electron chi connectivity index (χ2n) is 9.09. The Labute approximate surface area is 196 Å². The molecule has 2 heterocycles. The molecule has 2 aliphatic heterocycles. The number of likely N-dealkylation sites (tertiary alicyclic amines) is 1. The standard InChI is InChI=1S/C27H35N3O3/c1-2-24-27(32)30(23-11-6-7-12-25(23)33-24)20-26(31)28-15-8-16-29-17-13-22(14-18-29)19-21-9-4-3-5-10-21/h3-7,9-12,22,24H,2,8,13-20H2,1H3,(H,28,31)/t24-/m1/s1. The fourth-order valence-corrected chi connectivity index (χ4v) is 4.79. The van der Waals surface area contributed by atoms with Crippen LogP contribution in [-0.2, 0) is 16.0 Å². The van der Waals surface area contributed by atoms with E-state index < -0.39 is 6.10 Å². The molecule has 0 aromatic heterocycles. The van der Waals surface area contributed by atoms with Crippen molar-refractivity contribution in [3.63, 3.8) is 0 Å². The summed E-state index contributed by atoms with van der Waals surface area (Å²) in [6.07, 6.45) is 4.61. The summed E-state index contributed by atoms with van der Waals surface area (Å²) >= 11 is 0. The molecule has 1 saturated heterocycles. The average molecular weight is 450 g/mol. The van der Waals surface area contributed by atoms with Gasteiger partial charge in [-0.25, -0.2) is 0 Å². The lowest BCUT2D eigenvalue weighted by Crippen LogP contribution is -2.49. The number of benzene rings is 2. The summed E-state index contributed by atoms with van der Waals surface area (Å²) in [5.41, 5.74) is 2.10. The van der Waals surface area contributed by atoms with Crippen molar-refractivity contribution in [2.75, 3.05) is 37.6 Å². The Morgan fingerprint density at radius 1 is 1.06 bits per heavy atom. The maximum atomic E-state index is 12.7. The third-order valence-corrected chi connectivity index (χ3v) is 6.69. The van der Waals surface area contributed by atoms with Crippen molar-refractivity contribution in [3.05, 3.63) is 60.2 Å². The van der Waals surface area contributed by atoms with Crippen molar-refractivity contribution in [2.45, 2.75) is 45.1 Å². The Kier molecular flexibility index (Phi) is 8.00. The normalized spacial score (nSPS) is 19.1. The van der Waals surface area contributed by atoms with Gasteiger partial charge in [0, 0.05) is 6.54 Å². The minimum Gasteiger partial charge on any atom is -0.478 e. The summed E-state index contributed by atoms with van der Waals surface area (Å²) in [5.74, 6) is 1.15. The number of amides is 2. The maximum absolute atomic E-state index is 12.7. The van der Waals surface area contributed by atoms with Gasteiger partial charge in [-0.1, -0.05) is 49.4 Å². The Bertz CT molecular complexity index is 925. The molecule has 2 aliphatic rings. The van der Waals surface area contributed by atoms with Crippen molar-refractivity contribution in [2.24, 2.45) is 5.92 Å². The first-order chi connectivity index (χ1) is 16.1. The van der Waals surface area contributed by atoms with Crippen LogP contribution in [0.25, 0.3) is 0 Å². The van der Waals surface area contributed by atoms with Crippen molar-refractivity contribution in [1.29, 1.82) is 0 Å². The van der Waals surface area contributed by atoms with Crippen molar-refractivity contribution in [3.8, 4) is 5.75 Å². The molecule has 1 atom stereocenters. The minimum atomic E-state index is -0.530. The molecule has 0 saturated carbocycles. The summed E-state index contributed by atoms with van der Waals surface area (Å²) in [7, 11) is 0. The van der Waals surface area contributed by atoms with Crippen LogP contribution < -0.4 is 15.0 Å². The van der Waals surface area contributed by atoms with Gasteiger partial charge in [-0.15, -0.1) is 0 Å². The molecular weight excluding hydrogens is 414 g/mol. The molecule has 0 unspecified atom stereocenters. The van der Waals surface area contributed by atoms with E-state index in [-0.39, 0.29) is 18.4 Å². The van der Waals surface area contributed by atoms with Gasteiger partial charge in [0.15, 0.2) is 6.10 Å². The highest BCUT2D eigenvalue weighted by Gasteiger charge is 2.34. The van der Waals surface area contributed by atoms with E-state index in [0.29, 0.717) is 24.4 Å². The van der Waals surface area contributed by atoms with Crippen LogP contribution in [0.1, 0.15) is 38.2 Å². The highest BCUT2D eigenvalue weighted by atomic mass is 16.5. The van der Waals surface area contributed by atoms with Crippen molar-refractivity contribution >= 4 is 17.5 Å². The third-order valence-electron chi connectivity index (χ3n) is 6.69. The van der Waals surface area contributed by atoms with Gasteiger partial charge in [-0.3, -0.25) is 14.5 Å². The van der Waals surface area contributed by atoms with Crippen LogP contribution in [0, 0.1) is 5.92 Å². The second-order valence-corrected chi connectivity index (χ2v) is 9.09. The summed E-state index contributed by atoms with van der Waals surface area (Å²) in [6.45, 7) is 5.82. The molecule has 33 heavy (non-hydrogen) atoms. The van der Waals surface area contributed by atoms with E-state index in [0.717, 1.165) is 32.0 Å². The number of anilines is 1. The Morgan fingerprint density at radius 3 is 2.55 bits per heavy atom. The number of carbonyl (C=O) groups excluding carboxylic acids is 2. The van der Waals surface area contributed by atoms with Gasteiger partial charge in [0.25, 0.3) is 5.91 Å². The minimum absolute atomic E-state index is 0.0284. The number of rotatable bonds is 9. The number of para-hydroxylation sites is 2. The number of piperidine rings is 1. The molecule has 2 aromatic rings. The number of hydrogen-bond acceptors (Lipinski definition) is 4. The molecule has 1 N–H and O–H groups in total. The van der Waals surface area contributed by atoms with Gasteiger partial charge < -0.3 is 15.0 Å². The third kappa shape index (κ3) is 6.14. The van der Waals surface area contributed by atoms with Crippen LogP contribution in [0.15, 0.2) is 54.6 Å². The van der Waals surface area contributed by atoms with Gasteiger partial charge >= 0.3 is 0 Å². The molecule has 2 aromatic carbocycles. The molecular formula is C27H35N3O3. The number of fused-ring (bicyclic) bond motifs is 1. The first-order valence-corrected chi connectivity index (χ1v) is 12.2. The highest BCUT2D eigenvalue weighted by Crippen LogP contribution is 2.34. The zero-order chi connectivity index (χ0) is 23.0. The SMILES string of the molecule is CC[C@H]1Oc2ccccc2N(CC(=O)NCCCN2CCC(Cc3ccccc3)CC2)C1=O. The quantitative estimate of drug-likeness (QED) is 0.594. The number of hydrogen-bond donors (Lipinski definition) is 1. The lowest BCUT2D eigenvalue weighted by atomic mass is 9.90. The maximum Gasteiger partial charge on any atom is 0.268 e. The lowest BCUT2D eigenvalue weighted by molar-refractivity contribution is -0.129. The van der Waals surface area contributed by atoms with Crippen LogP contribution >= 0.6 is 0 Å². The molecule has 0 bridgehead atoms. The molecule has 2 amide bonds. The van der Waals surface area contributed by atoms with Gasteiger partial charge in [-0.2, -0.15) is 0 Å². The summed E-state index contributed by atoms with van der Waals surface area (Å²) in [5, 5.41) is 2.99. The second kappa shape index (κ2) is 11.3. The van der Waals surface area contributed by atoms with Crippen molar-refractivity contribution < 1.29 is 14.3 Å². The first kappa shape index (κ1) is 23.3. The molecule has 0 spiro atoms. The molecule has 6 heteroatoms. The van der Waals surface area contributed by atoms with Gasteiger partial charge in [0.2, 0.25) is 5.91 Å². The van der Waals surface area contributed by atoms with Crippen LogP contribution in [-0.4, -0.2) is 55.5 Å². The Morgan fingerprint density at radius 2 is 1.79 bits per heavy atom. The van der Waals surface area contributed by atoms with E-state index in [9.17, 15) is 9.59 Å². The average Bonchev–Trinajstić information content (AvgIpc) is 2.85. The van der Waals surface area contributed by atoms with Gasteiger partial charge in [0.1, 0.15) is 12.3 Å². The smallest absolute Gasteiger partial charge is 0.268 e. The number of nitrogens with zero attached hydrogens (tertiary/aromatic N) is 2. The first-order valence-electron chi connectivity index (χ1n) is 12.2. The van der Waals surface area contributed by atoms with Gasteiger partial charge in [0.05, 0.1) is 5.69 Å².